The number of hydrogen-bond donors (Lipinski definition) is 1. The SMILES string of the molecule is COC(=O)c1sc2nc(C)c3c(c2c1NC(=O)CN1CCN(C)CC1)CC(C)(C)OC3. The summed E-state index contributed by atoms with van der Waals surface area (Å²) in [5.41, 5.74) is 3.22. The molecule has 1 saturated heterocycles. The van der Waals surface area contributed by atoms with Gasteiger partial charge in [-0.25, -0.2) is 9.78 Å². The van der Waals surface area contributed by atoms with Gasteiger partial charge in [0.05, 0.1) is 31.5 Å². The van der Waals surface area contributed by atoms with Gasteiger partial charge in [0.25, 0.3) is 0 Å². The summed E-state index contributed by atoms with van der Waals surface area (Å²) >= 11 is 1.27. The van der Waals surface area contributed by atoms with Crippen LogP contribution in [-0.4, -0.2) is 79.1 Å². The van der Waals surface area contributed by atoms with Crippen molar-refractivity contribution in [1.29, 1.82) is 0 Å². The van der Waals surface area contributed by atoms with Crippen LogP contribution in [0.2, 0.25) is 0 Å². The molecule has 2 aliphatic heterocycles. The summed E-state index contributed by atoms with van der Waals surface area (Å²) in [6, 6.07) is 0. The van der Waals surface area contributed by atoms with Crippen molar-refractivity contribution in [1.82, 2.24) is 14.8 Å². The zero-order valence-electron chi connectivity index (χ0n) is 18.8. The van der Waals surface area contributed by atoms with E-state index in [0.29, 0.717) is 30.1 Å². The number of pyridine rings is 1. The number of esters is 1. The molecule has 4 rings (SSSR count). The fourth-order valence-corrected chi connectivity index (χ4v) is 5.37. The van der Waals surface area contributed by atoms with E-state index in [1.165, 1.54) is 18.4 Å². The third-order valence-corrected chi connectivity index (χ3v) is 7.13. The second-order valence-electron chi connectivity index (χ2n) is 8.98. The maximum absolute atomic E-state index is 13.0. The lowest BCUT2D eigenvalue weighted by molar-refractivity contribution is -0.117. The summed E-state index contributed by atoms with van der Waals surface area (Å²) in [7, 11) is 3.44. The van der Waals surface area contributed by atoms with E-state index in [-0.39, 0.29) is 11.5 Å². The molecule has 168 valence electrons. The molecule has 1 fully saturated rings. The van der Waals surface area contributed by atoms with E-state index < -0.39 is 5.97 Å². The van der Waals surface area contributed by atoms with E-state index in [1.807, 2.05) is 6.92 Å². The third-order valence-electron chi connectivity index (χ3n) is 6.07. The Morgan fingerprint density at radius 2 is 1.94 bits per heavy atom. The second kappa shape index (κ2) is 8.46. The first-order chi connectivity index (χ1) is 14.7. The molecule has 8 nitrogen and oxygen atoms in total. The number of carbonyl (C=O) groups excluding carboxylic acids is 2. The van der Waals surface area contributed by atoms with Gasteiger partial charge < -0.3 is 19.7 Å². The number of ether oxygens (including phenoxy) is 2. The Morgan fingerprint density at radius 3 is 2.61 bits per heavy atom. The quantitative estimate of drug-likeness (QED) is 0.722. The van der Waals surface area contributed by atoms with Crippen molar-refractivity contribution < 1.29 is 19.1 Å². The number of likely N-dealkylation sites (N-methyl/N-ethyl adjacent to an activating group) is 1. The molecule has 2 aromatic heterocycles. The topological polar surface area (TPSA) is 84.0 Å². The highest BCUT2D eigenvalue weighted by Crippen LogP contribution is 2.42. The van der Waals surface area contributed by atoms with E-state index >= 15 is 0 Å². The lowest BCUT2D eigenvalue weighted by atomic mass is 9.89. The van der Waals surface area contributed by atoms with E-state index in [0.717, 1.165) is 53.2 Å². The number of methoxy groups -OCH3 is 1. The molecule has 4 heterocycles. The van der Waals surface area contributed by atoms with Gasteiger partial charge in [0.15, 0.2) is 0 Å². The molecular formula is C22H30N4O4S. The molecule has 0 unspecified atom stereocenters. The van der Waals surface area contributed by atoms with Gasteiger partial charge in [-0.3, -0.25) is 9.69 Å². The number of nitrogens with one attached hydrogen (secondary N) is 1. The lowest BCUT2D eigenvalue weighted by Gasteiger charge is -2.33. The Labute approximate surface area is 186 Å². The summed E-state index contributed by atoms with van der Waals surface area (Å²) in [6.45, 7) is 10.4. The molecule has 2 aliphatic rings. The van der Waals surface area contributed by atoms with Crippen LogP contribution in [0.3, 0.4) is 0 Å². The number of anilines is 1. The number of aromatic nitrogens is 1. The van der Waals surface area contributed by atoms with Crippen molar-refractivity contribution in [3.63, 3.8) is 0 Å². The van der Waals surface area contributed by atoms with Crippen LogP contribution >= 0.6 is 11.3 Å². The number of rotatable bonds is 4. The molecule has 0 atom stereocenters. The van der Waals surface area contributed by atoms with Crippen LogP contribution in [0.4, 0.5) is 5.69 Å². The molecule has 0 bridgehead atoms. The predicted octanol–water partition coefficient (Wildman–Crippen LogP) is 2.43. The van der Waals surface area contributed by atoms with Crippen LogP contribution in [0.1, 0.15) is 40.3 Å². The van der Waals surface area contributed by atoms with Crippen LogP contribution in [0.15, 0.2) is 0 Å². The van der Waals surface area contributed by atoms with Crippen LogP contribution < -0.4 is 5.32 Å². The predicted molar refractivity (Wildman–Crippen MR) is 121 cm³/mol. The summed E-state index contributed by atoms with van der Waals surface area (Å²) < 4.78 is 11.0. The van der Waals surface area contributed by atoms with Gasteiger partial charge >= 0.3 is 5.97 Å². The van der Waals surface area contributed by atoms with Crippen LogP contribution in [0.5, 0.6) is 0 Å². The molecule has 0 aliphatic carbocycles. The van der Waals surface area contributed by atoms with Crippen molar-refractivity contribution in [2.24, 2.45) is 0 Å². The first-order valence-electron chi connectivity index (χ1n) is 10.6. The molecule has 0 spiro atoms. The molecule has 9 heteroatoms. The highest BCUT2D eigenvalue weighted by Gasteiger charge is 2.33. The Morgan fingerprint density at radius 1 is 1.23 bits per heavy atom. The fraction of sp³-hybridized carbons (Fsp3) is 0.591. The molecule has 0 aromatic carbocycles. The van der Waals surface area contributed by atoms with Gasteiger partial charge in [-0.05, 0) is 33.4 Å². The summed E-state index contributed by atoms with van der Waals surface area (Å²) in [4.78, 5) is 35.8. The van der Waals surface area contributed by atoms with E-state index in [1.54, 1.807) is 0 Å². The Kier molecular flexibility index (Phi) is 6.04. The van der Waals surface area contributed by atoms with Gasteiger partial charge in [0.1, 0.15) is 9.71 Å². The maximum atomic E-state index is 13.0. The minimum absolute atomic E-state index is 0.130. The fourth-order valence-electron chi connectivity index (χ4n) is 4.24. The smallest absolute Gasteiger partial charge is 0.350 e. The van der Waals surface area contributed by atoms with Crippen molar-refractivity contribution in [2.45, 2.75) is 39.4 Å². The number of carbonyl (C=O) groups is 2. The number of hydrogen-bond acceptors (Lipinski definition) is 8. The molecular weight excluding hydrogens is 416 g/mol. The zero-order valence-corrected chi connectivity index (χ0v) is 19.6. The molecule has 1 amide bonds. The highest BCUT2D eigenvalue weighted by molar-refractivity contribution is 7.21. The van der Waals surface area contributed by atoms with E-state index in [4.69, 9.17) is 14.5 Å². The molecule has 1 N–H and O–H groups in total. The number of thiophene rings is 1. The molecule has 2 aromatic rings. The monoisotopic (exact) mass is 446 g/mol. The average molecular weight is 447 g/mol. The van der Waals surface area contributed by atoms with Crippen molar-refractivity contribution in [3.05, 3.63) is 21.7 Å². The van der Waals surface area contributed by atoms with Gasteiger partial charge in [-0.1, -0.05) is 0 Å². The Balaban J connectivity index is 1.73. The maximum Gasteiger partial charge on any atom is 0.350 e. The Bertz CT molecular complexity index is 1020. The molecule has 0 radical (unpaired) electrons. The van der Waals surface area contributed by atoms with Crippen molar-refractivity contribution in [3.8, 4) is 0 Å². The van der Waals surface area contributed by atoms with Crippen LogP contribution in [0, 0.1) is 6.92 Å². The summed E-state index contributed by atoms with van der Waals surface area (Å²) in [5.74, 6) is -0.592. The lowest BCUT2D eigenvalue weighted by Crippen LogP contribution is -2.47. The summed E-state index contributed by atoms with van der Waals surface area (Å²) in [5, 5.41) is 3.88. The largest absolute Gasteiger partial charge is 0.465 e. The molecule has 0 saturated carbocycles. The highest BCUT2D eigenvalue weighted by atomic mass is 32.1. The average Bonchev–Trinajstić information content (AvgIpc) is 3.06. The van der Waals surface area contributed by atoms with Crippen molar-refractivity contribution >= 4 is 39.1 Å². The minimum atomic E-state index is -0.462. The van der Waals surface area contributed by atoms with Crippen molar-refractivity contribution in [2.75, 3.05) is 52.2 Å². The zero-order chi connectivity index (χ0) is 22.3. The number of fused-ring (bicyclic) bond motifs is 3. The van der Waals surface area contributed by atoms with Gasteiger partial charge in [-0.15, -0.1) is 11.3 Å². The first-order valence-corrected chi connectivity index (χ1v) is 11.4. The van der Waals surface area contributed by atoms with E-state index in [2.05, 4.69) is 36.0 Å². The van der Waals surface area contributed by atoms with Gasteiger partial charge in [0.2, 0.25) is 5.91 Å². The van der Waals surface area contributed by atoms with Crippen LogP contribution in [0.25, 0.3) is 10.2 Å². The number of aryl methyl sites for hydroxylation is 1. The number of nitrogens with zero attached hydrogens (tertiary/aromatic N) is 3. The molecule has 31 heavy (non-hydrogen) atoms. The number of piperazine rings is 1. The second-order valence-corrected chi connectivity index (χ2v) is 9.98. The standard InChI is InChI=1S/C22H30N4O4S/c1-13-15-12-30-22(2,3)10-14(15)17-18(19(21(28)29-5)31-20(17)23-13)24-16(27)11-26-8-6-25(4)7-9-26/h6-12H2,1-5H3,(H,24,27). The normalized spacial score (nSPS) is 19.3. The first kappa shape index (κ1) is 22.1. The van der Waals surface area contributed by atoms with E-state index in [9.17, 15) is 9.59 Å². The minimum Gasteiger partial charge on any atom is -0.465 e. The number of amides is 1. The summed E-state index contributed by atoms with van der Waals surface area (Å²) in [6.07, 6.45) is 0.681. The third kappa shape index (κ3) is 4.45. The van der Waals surface area contributed by atoms with Gasteiger partial charge in [0, 0.05) is 49.2 Å². The van der Waals surface area contributed by atoms with Crippen LogP contribution in [-0.2, 0) is 27.3 Å². The van der Waals surface area contributed by atoms with Gasteiger partial charge in [-0.2, -0.15) is 0 Å². The Hall–Kier alpha value is -2.07.